The Labute approximate surface area is 363 Å². The second kappa shape index (κ2) is 26.8. The number of unbranched alkanes of at least 4 members (excludes halogenated alkanes) is 4. The number of carboxylic acids is 6. The van der Waals surface area contributed by atoms with E-state index in [1.807, 2.05) is 35.2 Å². The van der Waals surface area contributed by atoms with Crippen LogP contribution in [0.1, 0.15) is 75.0 Å². The van der Waals surface area contributed by atoms with Gasteiger partial charge in [-0.3, -0.25) is 24.0 Å². The standard InChI is InChI=1S/C29H43N3O3S.2C6H8O7/c1-30(2)18-10-6-12-20-32-25-14-8-9-15-27(25)36-28(29(32)33)24-22-23(34-5)16-17-26(24)35-21-13-7-11-19-31(3)4;2*7-3(8)1-6(13,5(11)12)2-4(9)10/h8-9,14-17,22,28H,6-7,10-13,18-21H2,1-5H3;2*13H,1-2H2,(H,7,8)(H,9,10)(H,11,12). The summed E-state index contributed by atoms with van der Waals surface area (Å²) in [7, 11) is 10.1. The molecule has 2 aromatic rings. The lowest BCUT2D eigenvalue weighted by molar-refractivity contribution is -0.170. The van der Waals surface area contributed by atoms with Gasteiger partial charge in [0.2, 0.25) is 5.91 Å². The largest absolute Gasteiger partial charge is 0.497 e. The summed E-state index contributed by atoms with van der Waals surface area (Å²) in [5.41, 5.74) is -3.57. The number of benzene rings is 2. The topological polar surface area (TPSA) is 310 Å². The highest BCUT2D eigenvalue weighted by molar-refractivity contribution is 8.00. The van der Waals surface area contributed by atoms with Crippen LogP contribution in [0.5, 0.6) is 11.5 Å². The number of fused-ring (bicyclic) bond motifs is 1. The Kier molecular flexibility index (Phi) is 23.5. The van der Waals surface area contributed by atoms with Crippen LogP contribution in [0.3, 0.4) is 0 Å². The number of nitrogens with zero attached hydrogens (tertiary/aromatic N) is 3. The number of hydrogen-bond acceptors (Lipinski definition) is 14. The van der Waals surface area contributed by atoms with Crippen molar-refractivity contribution in [2.45, 2.75) is 85.6 Å². The number of rotatable bonds is 25. The summed E-state index contributed by atoms with van der Waals surface area (Å²) in [6, 6.07) is 14.1. The van der Waals surface area contributed by atoms with Crippen molar-refractivity contribution in [1.29, 1.82) is 0 Å². The first-order chi connectivity index (χ1) is 29.0. The maximum absolute atomic E-state index is 13.9. The molecule has 8 N–H and O–H groups in total. The molecule has 0 saturated carbocycles. The molecule has 1 heterocycles. The minimum absolute atomic E-state index is 0.121. The number of hydrogen-bond donors (Lipinski definition) is 8. The van der Waals surface area contributed by atoms with Gasteiger partial charge in [-0.15, -0.1) is 11.8 Å². The summed E-state index contributed by atoms with van der Waals surface area (Å²) in [5, 5.41) is 67.3. The lowest BCUT2D eigenvalue weighted by Gasteiger charge is -2.34. The van der Waals surface area contributed by atoms with E-state index in [0.29, 0.717) is 6.61 Å². The van der Waals surface area contributed by atoms with Crippen LogP contribution in [0, 0.1) is 0 Å². The number of thioether (sulfide) groups is 1. The van der Waals surface area contributed by atoms with Crippen LogP contribution in [0.2, 0.25) is 0 Å². The molecule has 0 bridgehead atoms. The van der Waals surface area contributed by atoms with Crippen LogP contribution in [0.15, 0.2) is 47.4 Å². The average molecular weight is 898 g/mol. The summed E-state index contributed by atoms with van der Waals surface area (Å²) in [6.45, 7) is 3.53. The van der Waals surface area contributed by atoms with Crippen molar-refractivity contribution < 1.29 is 83.9 Å². The fraction of sp³-hybridized carbons (Fsp3) is 0.537. The van der Waals surface area contributed by atoms with Crippen molar-refractivity contribution in [1.82, 2.24) is 9.80 Å². The van der Waals surface area contributed by atoms with Gasteiger partial charge in [0.15, 0.2) is 11.2 Å². The van der Waals surface area contributed by atoms with E-state index in [9.17, 15) is 33.6 Å². The van der Waals surface area contributed by atoms with E-state index >= 15 is 0 Å². The monoisotopic (exact) mass is 897 g/mol. The van der Waals surface area contributed by atoms with Gasteiger partial charge < -0.3 is 65.0 Å². The van der Waals surface area contributed by atoms with Crippen LogP contribution in [0.4, 0.5) is 5.69 Å². The molecule has 3 rings (SSSR count). The Balaban J connectivity index is 0.000000605. The zero-order valence-corrected chi connectivity index (χ0v) is 36.3. The van der Waals surface area contributed by atoms with E-state index in [-0.39, 0.29) is 11.2 Å². The Morgan fingerprint density at radius 2 is 1.15 bits per heavy atom. The zero-order chi connectivity index (χ0) is 47.2. The first-order valence-electron chi connectivity index (χ1n) is 19.4. The molecule has 0 saturated heterocycles. The van der Waals surface area contributed by atoms with Crippen LogP contribution in [-0.4, -0.2) is 165 Å². The third kappa shape index (κ3) is 19.5. The maximum atomic E-state index is 13.9. The lowest BCUT2D eigenvalue weighted by Crippen LogP contribution is -2.42. The molecule has 21 heteroatoms. The number of aliphatic hydroxyl groups is 2. The second-order valence-corrected chi connectivity index (χ2v) is 16.0. The number of anilines is 1. The summed E-state index contributed by atoms with van der Waals surface area (Å²) in [4.78, 5) is 82.4. The Bertz CT molecular complexity index is 1740. The molecule has 0 spiro atoms. The Morgan fingerprint density at radius 1 is 0.677 bits per heavy atom. The zero-order valence-electron chi connectivity index (χ0n) is 35.5. The molecule has 0 aromatic heterocycles. The fourth-order valence-corrected chi connectivity index (χ4v) is 7.08. The molecule has 20 nitrogen and oxygen atoms in total. The Morgan fingerprint density at radius 3 is 1.58 bits per heavy atom. The fourth-order valence-electron chi connectivity index (χ4n) is 5.83. The normalized spacial score (nSPS) is 13.5. The van der Waals surface area contributed by atoms with Gasteiger partial charge in [0, 0.05) is 17.0 Å². The van der Waals surface area contributed by atoms with Gasteiger partial charge in [0.1, 0.15) is 16.7 Å². The van der Waals surface area contributed by atoms with Crippen LogP contribution >= 0.6 is 11.8 Å². The molecule has 1 aliphatic rings. The predicted octanol–water partition coefficient (Wildman–Crippen LogP) is 3.22. The molecule has 0 radical (unpaired) electrons. The van der Waals surface area contributed by atoms with E-state index in [2.05, 4.69) is 50.1 Å². The highest BCUT2D eigenvalue weighted by Crippen LogP contribution is 2.49. The van der Waals surface area contributed by atoms with Crippen molar-refractivity contribution in [2.24, 2.45) is 0 Å². The highest BCUT2D eigenvalue weighted by Gasteiger charge is 2.42. The van der Waals surface area contributed by atoms with Gasteiger partial charge >= 0.3 is 35.8 Å². The van der Waals surface area contributed by atoms with Gasteiger partial charge in [-0.25, -0.2) is 9.59 Å². The molecule has 1 atom stereocenters. The first-order valence-corrected chi connectivity index (χ1v) is 20.3. The number of methoxy groups -OCH3 is 1. The first kappa shape index (κ1) is 54.5. The minimum atomic E-state index is -2.74. The quantitative estimate of drug-likeness (QED) is 0.0663. The van der Waals surface area contributed by atoms with E-state index in [4.69, 9.17) is 50.3 Å². The van der Waals surface area contributed by atoms with E-state index in [1.54, 1.807) is 18.9 Å². The van der Waals surface area contributed by atoms with Gasteiger partial charge in [0.05, 0.1) is 45.1 Å². The number of carbonyl (C=O) groups excluding carboxylic acids is 1. The smallest absolute Gasteiger partial charge is 0.336 e. The number of amides is 1. The lowest BCUT2D eigenvalue weighted by atomic mass is 9.96. The van der Waals surface area contributed by atoms with Crippen molar-refractivity contribution in [3.05, 3.63) is 48.0 Å². The molecule has 1 unspecified atom stereocenters. The van der Waals surface area contributed by atoms with Crippen molar-refractivity contribution >= 4 is 59.2 Å². The van der Waals surface area contributed by atoms with Crippen LogP contribution < -0.4 is 14.4 Å². The van der Waals surface area contributed by atoms with Gasteiger partial charge in [-0.05, 0) is 104 Å². The number of aliphatic carboxylic acids is 6. The third-order valence-corrected chi connectivity index (χ3v) is 10.2. The van der Waals surface area contributed by atoms with E-state index in [0.717, 1.165) is 85.8 Å². The molecule has 0 aliphatic carbocycles. The van der Waals surface area contributed by atoms with E-state index < -0.39 is 72.7 Å². The summed E-state index contributed by atoms with van der Waals surface area (Å²) >= 11 is 1.61. The summed E-state index contributed by atoms with van der Waals surface area (Å²) < 4.78 is 11.8. The SMILES string of the molecule is COc1ccc(OCCCCCN(C)C)c(C2Sc3ccccc3N(CCCCCN(C)C)C2=O)c1.O=C(O)CC(O)(CC(=O)O)C(=O)O.O=C(O)CC(O)(CC(=O)O)C(=O)O. The molecule has 2 aromatic carbocycles. The predicted molar refractivity (Wildman–Crippen MR) is 225 cm³/mol. The number of para-hydroxylation sites is 1. The third-order valence-electron chi connectivity index (χ3n) is 8.96. The molecular weight excluding hydrogens is 839 g/mol. The second-order valence-electron chi connectivity index (χ2n) is 14.9. The van der Waals surface area contributed by atoms with Crippen molar-refractivity contribution in [3.8, 4) is 11.5 Å². The van der Waals surface area contributed by atoms with Crippen molar-refractivity contribution in [2.75, 3.05) is 66.4 Å². The minimum Gasteiger partial charge on any atom is -0.497 e. The maximum Gasteiger partial charge on any atom is 0.336 e. The molecule has 1 amide bonds. The number of carbonyl (C=O) groups is 7. The number of carboxylic acid groups (broad SMARTS) is 6. The molecule has 0 fully saturated rings. The molecule has 346 valence electrons. The van der Waals surface area contributed by atoms with Crippen molar-refractivity contribution in [3.63, 3.8) is 0 Å². The molecular formula is C41H59N3O17S. The van der Waals surface area contributed by atoms with Gasteiger partial charge in [-0.1, -0.05) is 18.6 Å². The highest BCUT2D eigenvalue weighted by atomic mass is 32.2. The number of ether oxygens (including phenoxy) is 2. The Hall–Kier alpha value is -5.48. The summed E-state index contributed by atoms with van der Waals surface area (Å²) in [6.07, 6.45) is 1.92. The molecule has 62 heavy (non-hydrogen) atoms. The van der Waals surface area contributed by atoms with Crippen LogP contribution in [0.25, 0.3) is 0 Å². The van der Waals surface area contributed by atoms with E-state index in [1.165, 1.54) is 0 Å². The van der Waals surface area contributed by atoms with Crippen LogP contribution in [-0.2, 0) is 33.6 Å². The summed E-state index contributed by atoms with van der Waals surface area (Å²) in [5.74, 6) is -8.40. The molecule has 1 aliphatic heterocycles. The average Bonchev–Trinajstić information content (AvgIpc) is 3.15. The van der Waals surface area contributed by atoms with Gasteiger partial charge in [0.25, 0.3) is 0 Å². The van der Waals surface area contributed by atoms with Gasteiger partial charge in [-0.2, -0.15) is 0 Å².